The van der Waals surface area contributed by atoms with E-state index in [0.29, 0.717) is 0 Å². The van der Waals surface area contributed by atoms with Crippen molar-refractivity contribution in [3.63, 3.8) is 0 Å². The highest BCUT2D eigenvalue weighted by atomic mass is 16.3. The molecule has 4 nitrogen and oxygen atoms in total. The zero-order valence-corrected chi connectivity index (χ0v) is 10.4. The smallest absolute Gasteiger partial charge is 0.0667 e. The molecule has 1 aromatic rings. The Balaban J connectivity index is 2.08. The van der Waals surface area contributed by atoms with Gasteiger partial charge in [-0.2, -0.15) is 5.10 Å². The van der Waals surface area contributed by atoms with Crippen molar-refractivity contribution in [2.75, 3.05) is 13.1 Å². The molecule has 0 saturated carbocycles. The van der Waals surface area contributed by atoms with E-state index in [9.17, 15) is 5.11 Å². The van der Waals surface area contributed by atoms with Gasteiger partial charge in [-0.05, 0) is 33.2 Å². The average molecular weight is 223 g/mol. The second-order valence-corrected chi connectivity index (χ2v) is 4.80. The van der Waals surface area contributed by atoms with Crippen LogP contribution in [0.2, 0.25) is 0 Å². The normalized spacial score (nSPS) is 22.6. The molecule has 1 aliphatic heterocycles. The number of β-amino-alcohol motifs (C(OH)–C–C–N with tert-alkyl or cyclic N) is 1. The number of hydrogen-bond acceptors (Lipinski definition) is 3. The lowest BCUT2D eigenvalue weighted by atomic mass is 10.1. The maximum Gasteiger partial charge on any atom is 0.0667 e. The van der Waals surface area contributed by atoms with E-state index in [4.69, 9.17) is 0 Å². The molecular formula is C12H21N3O. The van der Waals surface area contributed by atoms with Gasteiger partial charge in [-0.25, -0.2) is 0 Å². The minimum absolute atomic E-state index is 0.147. The molecule has 1 aliphatic rings. The molecule has 1 N–H and O–H groups in total. The third-order valence-corrected chi connectivity index (χ3v) is 3.52. The molecule has 4 heteroatoms. The number of hydrogen-bond donors (Lipinski definition) is 1. The molecule has 0 amide bonds. The van der Waals surface area contributed by atoms with Crippen LogP contribution in [0.5, 0.6) is 0 Å². The van der Waals surface area contributed by atoms with E-state index in [-0.39, 0.29) is 6.10 Å². The topological polar surface area (TPSA) is 41.3 Å². The molecule has 0 unspecified atom stereocenters. The van der Waals surface area contributed by atoms with Crippen molar-refractivity contribution in [3.8, 4) is 0 Å². The van der Waals surface area contributed by atoms with Crippen molar-refractivity contribution >= 4 is 0 Å². The average Bonchev–Trinajstić information content (AvgIpc) is 2.45. The van der Waals surface area contributed by atoms with Crippen molar-refractivity contribution in [1.29, 1.82) is 0 Å². The predicted molar refractivity (Wildman–Crippen MR) is 63.2 cm³/mol. The van der Waals surface area contributed by atoms with Crippen molar-refractivity contribution in [1.82, 2.24) is 14.7 Å². The highest BCUT2D eigenvalue weighted by Gasteiger charge is 2.20. The minimum Gasteiger partial charge on any atom is -0.392 e. The molecule has 90 valence electrons. The van der Waals surface area contributed by atoms with E-state index < -0.39 is 0 Å². The molecular weight excluding hydrogens is 202 g/mol. The van der Waals surface area contributed by atoms with Gasteiger partial charge in [-0.15, -0.1) is 0 Å². The highest BCUT2D eigenvalue weighted by molar-refractivity contribution is 5.24. The van der Waals surface area contributed by atoms with Gasteiger partial charge in [0, 0.05) is 31.4 Å². The summed E-state index contributed by atoms with van der Waals surface area (Å²) in [7, 11) is 1.98. The van der Waals surface area contributed by atoms with Gasteiger partial charge in [-0.3, -0.25) is 9.58 Å². The quantitative estimate of drug-likeness (QED) is 0.813. The number of aryl methyl sites for hydroxylation is 2. The van der Waals surface area contributed by atoms with E-state index in [0.717, 1.165) is 38.2 Å². The Bertz CT molecular complexity index is 373. The largest absolute Gasteiger partial charge is 0.392 e. The van der Waals surface area contributed by atoms with E-state index in [1.54, 1.807) is 0 Å². The van der Waals surface area contributed by atoms with Gasteiger partial charge < -0.3 is 5.11 Å². The first-order valence-corrected chi connectivity index (χ1v) is 5.97. The van der Waals surface area contributed by atoms with Crippen LogP contribution in [0.1, 0.15) is 29.8 Å². The Kier molecular flexibility index (Phi) is 3.30. The molecule has 0 aromatic carbocycles. The molecule has 1 atom stereocenters. The lowest BCUT2D eigenvalue weighted by Gasteiger charge is -2.30. The van der Waals surface area contributed by atoms with E-state index in [2.05, 4.69) is 23.8 Å². The molecule has 1 fully saturated rings. The standard InChI is InChI=1S/C12H21N3O/c1-9-12(10(2)14(3)13-9)8-15-6-4-5-11(16)7-15/h11,16H,4-8H2,1-3H3/t11-/m0/s1. The summed E-state index contributed by atoms with van der Waals surface area (Å²) >= 11 is 0. The number of aliphatic hydroxyl groups excluding tert-OH is 1. The summed E-state index contributed by atoms with van der Waals surface area (Å²) in [5.74, 6) is 0. The molecule has 0 radical (unpaired) electrons. The summed E-state index contributed by atoms with van der Waals surface area (Å²) in [4.78, 5) is 2.32. The van der Waals surface area contributed by atoms with Gasteiger partial charge >= 0.3 is 0 Å². The number of aromatic nitrogens is 2. The number of piperidine rings is 1. The lowest BCUT2D eigenvalue weighted by molar-refractivity contribution is 0.0666. The molecule has 16 heavy (non-hydrogen) atoms. The van der Waals surface area contributed by atoms with Crippen molar-refractivity contribution < 1.29 is 5.11 Å². The third-order valence-electron chi connectivity index (χ3n) is 3.52. The number of likely N-dealkylation sites (tertiary alicyclic amines) is 1. The van der Waals surface area contributed by atoms with Gasteiger partial charge in [-0.1, -0.05) is 0 Å². The van der Waals surface area contributed by atoms with Gasteiger partial charge in [0.1, 0.15) is 0 Å². The molecule has 1 aromatic heterocycles. The fourth-order valence-electron chi connectivity index (χ4n) is 2.44. The first kappa shape index (κ1) is 11.6. The van der Waals surface area contributed by atoms with Crippen LogP contribution in [0.25, 0.3) is 0 Å². The zero-order chi connectivity index (χ0) is 11.7. The van der Waals surface area contributed by atoms with Gasteiger partial charge in [0.15, 0.2) is 0 Å². The number of aliphatic hydroxyl groups is 1. The van der Waals surface area contributed by atoms with Crippen LogP contribution in [0, 0.1) is 13.8 Å². The Labute approximate surface area is 96.9 Å². The zero-order valence-electron chi connectivity index (χ0n) is 10.4. The molecule has 1 saturated heterocycles. The van der Waals surface area contributed by atoms with Crippen LogP contribution >= 0.6 is 0 Å². The van der Waals surface area contributed by atoms with Crippen molar-refractivity contribution in [2.45, 2.75) is 39.3 Å². The van der Waals surface area contributed by atoms with Crippen LogP contribution in [-0.2, 0) is 13.6 Å². The molecule has 0 bridgehead atoms. The highest BCUT2D eigenvalue weighted by Crippen LogP contribution is 2.18. The Morgan fingerprint density at radius 3 is 2.75 bits per heavy atom. The predicted octanol–water partition coefficient (Wildman–Crippen LogP) is 0.994. The summed E-state index contributed by atoms with van der Waals surface area (Å²) in [6.45, 7) is 6.97. The van der Waals surface area contributed by atoms with Gasteiger partial charge in [0.2, 0.25) is 0 Å². The summed E-state index contributed by atoms with van der Waals surface area (Å²) in [6, 6.07) is 0. The number of nitrogens with zero attached hydrogens (tertiary/aromatic N) is 3. The fraction of sp³-hybridized carbons (Fsp3) is 0.750. The lowest BCUT2D eigenvalue weighted by Crippen LogP contribution is -2.37. The second kappa shape index (κ2) is 4.55. The summed E-state index contributed by atoms with van der Waals surface area (Å²) in [5, 5.41) is 14.1. The maximum atomic E-state index is 9.64. The Morgan fingerprint density at radius 1 is 1.44 bits per heavy atom. The van der Waals surface area contributed by atoms with Crippen molar-refractivity contribution in [3.05, 3.63) is 17.0 Å². The van der Waals surface area contributed by atoms with Crippen LogP contribution in [-0.4, -0.2) is 39.0 Å². The van der Waals surface area contributed by atoms with E-state index in [1.807, 2.05) is 11.7 Å². The Hall–Kier alpha value is -0.870. The summed E-state index contributed by atoms with van der Waals surface area (Å²) in [5.41, 5.74) is 3.66. The van der Waals surface area contributed by atoms with E-state index >= 15 is 0 Å². The molecule has 2 heterocycles. The van der Waals surface area contributed by atoms with Gasteiger partial charge in [0.05, 0.1) is 11.8 Å². The monoisotopic (exact) mass is 223 g/mol. The van der Waals surface area contributed by atoms with Crippen LogP contribution < -0.4 is 0 Å². The van der Waals surface area contributed by atoms with E-state index in [1.165, 1.54) is 11.3 Å². The molecule has 0 aliphatic carbocycles. The first-order valence-electron chi connectivity index (χ1n) is 5.97. The second-order valence-electron chi connectivity index (χ2n) is 4.80. The fourth-order valence-corrected chi connectivity index (χ4v) is 2.44. The SMILES string of the molecule is Cc1nn(C)c(C)c1CN1CCC[C@H](O)C1. The molecule has 2 rings (SSSR count). The third kappa shape index (κ3) is 2.28. The van der Waals surface area contributed by atoms with Crippen LogP contribution in [0.15, 0.2) is 0 Å². The van der Waals surface area contributed by atoms with Crippen LogP contribution in [0.4, 0.5) is 0 Å². The van der Waals surface area contributed by atoms with Gasteiger partial charge in [0.25, 0.3) is 0 Å². The van der Waals surface area contributed by atoms with Crippen LogP contribution in [0.3, 0.4) is 0 Å². The minimum atomic E-state index is -0.147. The first-order chi connectivity index (χ1) is 7.58. The molecule has 0 spiro atoms. The maximum absolute atomic E-state index is 9.64. The van der Waals surface area contributed by atoms with Crippen molar-refractivity contribution in [2.24, 2.45) is 7.05 Å². The number of rotatable bonds is 2. The summed E-state index contributed by atoms with van der Waals surface area (Å²) in [6.07, 6.45) is 1.90. The Morgan fingerprint density at radius 2 is 2.19 bits per heavy atom. The summed E-state index contributed by atoms with van der Waals surface area (Å²) < 4.78 is 1.94.